The van der Waals surface area contributed by atoms with Crippen molar-refractivity contribution < 1.29 is 9.21 Å². The number of aromatic amines is 1. The van der Waals surface area contributed by atoms with E-state index in [1.165, 1.54) is 5.56 Å². The van der Waals surface area contributed by atoms with Crippen molar-refractivity contribution in [3.63, 3.8) is 0 Å². The molecular formula is C24H28N2O3. The summed E-state index contributed by atoms with van der Waals surface area (Å²) < 4.78 is 5.19. The first-order valence-electron chi connectivity index (χ1n) is 10.6. The Bertz CT molecular complexity index is 1010. The molecule has 0 radical (unpaired) electrons. The quantitative estimate of drug-likeness (QED) is 0.596. The van der Waals surface area contributed by atoms with E-state index in [-0.39, 0.29) is 5.91 Å². The zero-order chi connectivity index (χ0) is 20.1. The summed E-state index contributed by atoms with van der Waals surface area (Å²) in [6.45, 7) is 1.60. The topological polar surface area (TPSA) is 66.3 Å². The normalized spacial score (nSPS) is 17.0. The fourth-order valence-corrected chi connectivity index (χ4v) is 4.28. The molecule has 1 aromatic heterocycles. The minimum absolute atomic E-state index is 0.267. The summed E-state index contributed by atoms with van der Waals surface area (Å²) in [5.41, 5.74) is 3.82. The lowest BCUT2D eigenvalue weighted by atomic mass is 9.90. The van der Waals surface area contributed by atoms with Gasteiger partial charge in [-0.1, -0.05) is 42.8 Å². The van der Waals surface area contributed by atoms with Crippen LogP contribution in [0, 0.1) is 0 Å². The highest BCUT2D eigenvalue weighted by Crippen LogP contribution is 2.29. The molecule has 0 aliphatic carbocycles. The van der Waals surface area contributed by atoms with Crippen molar-refractivity contribution in [3.05, 3.63) is 70.2 Å². The number of unbranched alkanes of at least 4 members (excludes halogenated alkanes) is 2. The molecular weight excluding hydrogens is 364 g/mol. The lowest BCUT2D eigenvalue weighted by Crippen LogP contribution is -2.39. The van der Waals surface area contributed by atoms with Crippen molar-refractivity contribution >= 4 is 17.0 Å². The van der Waals surface area contributed by atoms with Gasteiger partial charge in [0.1, 0.15) is 0 Å². The Morgan fingerprint density at radius 2 is 1.97 bits per heavy atom. The summed E-state index contributed by atoms with van der Waals surface area (Å²) in [6.07, 6.45) is 6.95. The Morgan fingerprint density at radius 3 is 2.83 bits per heavy atom. The molecule has 1 aliphatic rings. The number of piperidine rings is 1. The predicted molar refractivity (Wildman–Crippen MR) is 114 cm³/mol. The smallest absolute Gasteiger partial charge is 0.408 e. The number of aryl methyl sites for hydroxylation is 1. The number of oxazole rings is 1. The third-order valence-corrected chi connectivity index (χ3v) is 5.89. The number of hydrogen-bond acceptors (Lipinski definition) is 3. The molecule has 5 heteroatoms. The Balaban J connectivity index is 1.26. The highest BCUT2D eigenvalue weighted by molar-refractivity contribution is 5.76. The van der Waals surface area contributed by atoms with Crippen LogP contribution in [0.3, 0.4) is 0 Å². The monoisotopic (exact) mass is 392 g/mol. The van der Waals surface area contributed by atoms with Crippen molar-refractivity contribution in [3.8, 4) is 0 Å². The van der Waals surface area contributed by atoms with E-state index in [4.69, 9.17) is 4.42 Å². The highest BCUT2D eigenvalue weighted by Gasteiger charge is 2.24. The van der Waals surface area contributed by atoms with Crippen molar-refractivity contribution in [1.29, 1.82) is 0 Å². The molecule has 4 rings (SSSR count). The highest BCUT2D eigenvalue weighted by atomic mass is 16.4. The van der Waals surface area contributed by atoms with Gasteiger partial charge in [0, 0.05) is 25.4 Å². The van der Waals surface area contributed by atoms with Crippen molar-refractivity contribution in [2.75, 3.05) is 13.1 Å². The number of amides is 1. The number of rotatable bonds is 7. The molecule has 0 bridgehead atoms. The van der Waals surface area contributed by atoms with E-state index in [2.05, 4.69) is 29.2 Å². The van der Waals surface area contributed by atoms with Crippen LogP contribution in [0.1, 0.15) is 55.6 Å². The number of nitrogens with zero attached hydrogens (tertiary/aromatic N) is 1. The number of hydrogen-bond donors (Lipinski definition) is 1. The van der Waals surface area contributed by atoms with Crippen LogP contribution >= 0.6 is 0 Å². The second-order valence-electron chi connectivity index (χ2n) is 8.00. The van der Waals surface area contributed by atoms with Crippen LogP contribution in [0.2, 0.25) is 0 Å². The molecule has 1 unspecified atom stereocenters. The van der Waals surface area contributed by atoms with Crippen LogP contribution in [0.5, 0.6) is 0 Å². The van der Waals surface area contributed by atoms with Crippen molar-refractivity contribution in [1.82, 2.24) is 9.88 Å². The second-order valence-corrected chi connectivity index (χ2v) is 8.00. The minimum atomic E-state index is -0.426. The van der Waals surface area contributed by atoms with E-state index in [9.17, 15) is 9.59 Å². The Morgan fingerprint density at radius 1 is 1.10 bits per heavy atom. The van der Waals surface area contributed by atoms with E-state index in [1.54, 1.807) is 0 Å². The summed E-state index contributed by atoms with van der Waals surface area (Å²) in [4.78, 5) is 28.7. The zero-order valence-electron chi connectivity index (χ0n) is 16.7. The molecule has 1 amide bonds. The molecule has 2 aromatic carbocycles. The third-order valence-electron chi connectivity index (χ3n) is 5.89. The molecule has 1 atom stereocenters. The van der Waals surface area contributed by atoms with Gasteiger partial charge in [-0.2, -0.15) is 0 Å². The maximum atomic E-state index is 12.7. The molecule has 0 saturated carbocycles. The van der Waals surface area contributed by atoms with E-state index in [1.807, 2.05) is 29.2 Å². The summed E-state index contributed by atoms with van der Waals surface area (Å²) in [7, 11) is 0. The lowest BCUT2D eigenvalue weighted by molar-refractivity contribution is -0.132. The van der Waals surface area contributed by atoms with Gasteiger partial charge in [-0.05, 0) is 55.4 Å². The van der Waals surface area contributed by atoms with Gasteiger partial charge in [0.15, 0.2) is 5.58 Å². The molecule has 0 spiro atoms. The van der Waals surface area contributed by atoms with Crippen LogP contribution in [-0.2, 0) is 11.2 Å². The van der Waals surface area contributed by atoms with E-state index in [0.717, 1.165) is 62.7 Å². The number of nitrogens with one attached hydrogen (secondary N) is 1. The fraction of sp³-hybridized carbons (Fsp3) is 0.417. The zero-order valence-corrected chi connectivity index (χ0v) is 16.7. The number of carbonyl (C=O) groups is 1. The molecule has 2 heterocycles. The van der Waals surface area contributed by atoms with Gasteiger partial charge in [0.05, 0.1) is 5.52 Å². The van der Waals surface area contributed by atoms with Crippen LogP contribution in [0.15, 0.2) is 57.7 Å². The number of aromatic nitrogens is 1. The van der Waals surface area contributed by atoms with Gasteiger partial charge in [0.2, 0.25) is 5.91 Å². The summed E-state index contributed by atoms with van der Waals surface area (Å²) >= 11 is 0. The number of carbonyl (C=O) groups excluding carboxylic acids is 1. The summed E-state index contributed by atoms with van der Waals surface area (Å²) in [6, 6.07) is 16.4. The lowest BCUT2D eigenvalue weighted by Gasteiger charge is -2.33. The van der Waals surface area contributed by atoms with Gasteiger partial charge >= 0.3 is 5.76 Å². The largest absolute Gasteiger partial charge is 0.417 e. The predicted octanol–water partition coefficient (Wildman–Crippen LogP) is 4.63. The van der Waals surface area contributed by atoms with Crippen molar-refractivity contribution in [2.24, 2.45) is 0 Å². The number of fused-ring (bicyclic) bond motifs is 1. The third kappa shape index (κ3) is 4.97. The molecule has 1 N–H and O–H groups in total. The SMILES string of the molecule is O=C(CCCCCc1ccccc1)N1CCCC(c2ccc3[nH]c(=O)oc3c2)C1. The Kier molecular flexibility index (Phi) is 6.13. The first kappa shape index (κ1) is 19.5. The van der Waals surface area contributed by atoms with Crippen molar-refractivity contribution in [2.45, 2.75) is 50.9 Å². The first-order chi connectivity index (χ1) is 14.2. The number of likely N-dealkylation sites (tertiary alicyclic amines) is 1. The van der Waals surface area contributed by atoms with Gasteiger partial charge in [-0.3, -0.25) is 9.78 Å². The average Bonchev–Trinajstić information content (AvgIpc) is 3.13. The maximum absolute atomic E-state index is 12.7. The van der Waals surface area contributed by atoms with Gasteiger partial charge in [0.25, 0.3) is 0 Å². The number of benzene rings is 2. The molecule has 152 valence electrons. The molecule has 3 aromatic rings. The average molecular weight is 392 g/mol. The molecule has 29 heavy (non-hydrogen) atoms. The maximum Gasteiger partial charge on any atom is 0.417 e. The van der Waals surface area contributed by atoms with Crippen LogP contribution in [0.25, 0.3) is 11.1 Å². The van der Waals surface area contributed by atoms with Crippen LogP contribution in [0.4, 0.5) is 0 Å². The summed E-state index contributed by atoms with van der Waals surface area (Å²) in [5, 5.41) is 0. The standard InChI is InChI=1S/C24H28N2O3/c27-23(12-6-2-5-10-18-8-3-1-4-9-18)26-15-7-11-20(17-26)19-13-14-21-22(16-19)29-24(28)25-21/h1,3-4,8-9,13-14,16,20H,2,5-7,10-12,15,17H2,(H,25,28). The van der Waals surface area contributed by atoms with E-state index in [0.29, 0.717) is 17.9 Å². The number of H-pyrrole nitrogens is 1. The van der Waals surface area contributed by atoms with E-state index >= 15 is 0 Å². The second kappa shape index (κ2) is 9.12. The fourth-order valence-electron chi connectivity index (χ4n) is 4.28. The Hall–Kier alpha value is -2.82. The van der Waals surface area contributed by atoms with Gasteiger partial charge in [-0.15, -0.1) is 0 Å². The van der Waals surface area contributed by atoms with Gasteiger partial charge in [-0.25, -0.2) is 4.79 Å². The van der Waals surface area contributed by atoms with E-state index < -0.39 is 5.76 Å². The van der Waals surface area contributed by atoms with Crippen LogP contribution < -0.4 is 5.76 Å². The first-order valence-corrected chi connectivity index (χ1v) is 10.6. The van der Waals surface area contributed by atoms with Crippen LogP contribution in [-0.4, -0.2) is 28.9 Å². The van der Waals surface area contributed by atoms with Gasteiger partial charge < -0.3 is 9.32 Å². The summed E-state index contributed by atoms with van der Waals surface area (Å²) in [5.74, 6) is 0.143. The molecule has 1 saturated heterocycles. The molecule has 1 aliphatic heterocycles. The minimum Gasteiger partial charge on any atom is -0.408 e. The molecule has 5 nitrogen and oxygen atoms in total. The Labute approximate surface area is 170 Å². The molecule has 1 fully saturated rings.